The van der Waals surface area contributed by atoms with Gasteiger partial charge in [0.2, 0.25) is 11.6 Å². The molecule has 0 aliphatic rings. The molecule has 4 N–H and O–H groups in total. The van der Waals surface area contributed by atoms with Gasteiger partial charge in [0.25, 0.3) is 5.91 Å². The fraction of sp³-hybridized carbons (Fsp3) is 0.455. The third kappa shape index (κ3) is 20.8. The van der Waals surface area contributed by atoms with Gasteiger partial charge >= 0.3 is 0 Å². The van der Waals surface area contributed by atoms with Crippen LogP contribution in [0.3, 0.4) is 0 Å². The lowest BCUT2D eigenvalue weighted by atomic mass is 9.97. The highest BCUT2D eigenvalue weighted by atomic mass is 16.3. The van der Waals surface area contributed by atoms with Crippen molar-refractivity contribution < 1.29 is 44.1 Å². The van der Waals surface area contributed by atoms with E-state index in [1.165, 1.54) is 0 Å². The summed E-state index contributed by atoms with van der Waals surface area (Å²) in [5, 5.41) is 30.0. The van der Waals surface area contributed by atoms with E-state index < -0.39 is 5.91 Å². The number of aromatic hydroxyl groups is 3. The number of phenols is 3. The summed E-state index contributed by atoms with van der Waals surface area (Å²) in [6, 6.07) is 20.6. The van der Waals surface area contributed by atoms with Crippen LogP contribution < -0.4 is 5.32 Å². The minimum Gasteiger partial charge on any atom is -0.508 e. The molecule has 0 bridgehead atoms. The highest BCUT2D eigenvalue weighted by molar-refractivity contribution is 6.38. The minimum atomic E-state index is -0.498. The zero-order valence-corrected chi connectivity index (χ0v) is 32.6. The molecule has 0 aliphatic carbocycles. The van der Waals surface area contributed by atoms with Crippen molar-refractivity contribution in [2.75, 3.05) is 6.54 Å². The molecule has 0 saturated carbocycles. The number of phenolic OH excluding ortho intramolecular Hbond substituents is 3. The van der Waals surface area contributed by atoms with Crippen LogP contribution in [0.5, 0.6) is 17.2 Å². The molecular weight excluding hydrogens is 686 g/mol. The number of amides is 1. The number of rotatable bonds is 21. The Kier molecular flexibility index (Phi) is 23.1. The molecule has 3 rings (SSSR count). The maximum Gasteiger partial charge on any atom is 0.287 e. The summed E-state index contributed by atoms with van der Waals surface area (Å²) in [5.74, 6) is -1.10. The van der Waals surface area contributed by atoms with Gasteiger partial charge in [-0.2, -0.15) is 0 Å². The van der Waals surface area contributed by atoms with E-state index >= 15 is 0 Å². The maximum absolute atomic E-state index is 11.6. The van der Waals surface area contributed by atoms with Crippen molar-refractivity contribution in [3.8, 4) is 17.2 Å². The van der Waals surface area contributed by atoms with E-state index in [4.69, 9.17) is 15.3 Å². The van der Waals surface area contributed by atoms with Crippen LogP contribution in [0.1, 0.15) is 109 Å². The summed E-state index contributed by atoms with van der Waals surface area (Å²) < 4.78 is 0. The second-order valence-corrected chi connectivity index (χ2v) is 13.8. The molecule has 294 valence electrons. The first-order chi connectivity index (χ1) is 25.7. The molecule has 0 radical (unpaired) electrons. The fourth-order valence-corrected chi connectivity index (χ4v) is 4.97. The molecule has 0 fully saturated rings. The number of carbonyl (C=O) groups is 6. The first-order valence-corrected chi connectivity index (χ1v) is 18.9. The lowest BCUT2D eigenvalue weighted by Crippen LogP contribution is -2.32. The standard InChI is InChI=1S/2C15H20O3.C14H19NO3/c1-11(2)10-15(18)14(17)5-3-4-12-6-8-13(16)9-7-12;1-3-11(2)15(18)14(17)6-4-5-12-7-9-13(16)10-8-12;1-2-3-4-13(17)14(18)15-10-9-11-5-7-12(16)8-6-11/h6-9,11,16H,3-5,10H2,1-2H3;7-11,16H,3-6H2,1-2H3;5-8,16H,2-4,9-10H2,1H3,(H,15,18). The normalized spacial score (nSPS) is 10.9. The van der Waals surface area contributed by atoms with Crippen molar-refractivity contribution >= 4 is 34.8 Å². The Morgan fingerprint density at radius 1 is 0.537 bits per heavy atom. The lowest BCUT2D eigenvalue weighted by molar-refractivity contribution is -0.138. The maximum atomic E-state index is 11.6. The summed E-state index contributed by atoms with van der Waals surface area (Å²) in [5.41, 5.74) is 3.14. The molecule has 0 spiro atoms. The van der Waals surface area contributed by atoms with E-state index in [1.54, 1.807) is 55.5 Å². The Morgan fingerprint density at radius 3 is 1.35 bits per heavy atom. The van der Waals surface area contributed by atoms with E-state index in [-0.39, 0.29) is 58.0 Å². The third-order valence-electron chi connectivity index (χ3n) is 8.50. The molecular formula is C44H59NO9. The van der Waals surface area contributed by atoms with Crippen LogP contribution >= 0.6 is 0 Å². The van der Waals surface area contributed by atoms with Crippen LogP contribution in [0, 0.1) is 11.8 Å². The van der Waals surface area contributed by atoms with Gasteiger partial charge in [0, 0.05) is 38.1 Å². The Hall–Kier alpha value is -5.12. The van der Waals surface area contributed by atoms with Crippen LogP contribution in [0.2, 0.25) is 0 Å². The lowest BCUT2D eigenvalue weighted by Gasteiger charge is -2.06. The molecule has 54 heavy (non-hydrogen) atoms. The molecule has 1 atom stereocenters. The van der Waals surface area contributed by atoms with Crippen molar-refractivity contribution in [1.29, 1.82) is 0 Å². The van der Waals surface area contributed by atoms with E-state index in [0.29, 0.717) is 57.9 Å². The topological polar surface area (TPSA) is 175 Å². The van der Waals surface area contributed by atoms with Crippen LogP contribution in [0.15, 0.2) is 72.8 Å². The Bertz CT molecular complexity index is 1590. The van der Waals surface area contributed by atoms with Gasteiger partial charge in [-0.05, 0) is 104 Å². The molecule has 0 heterocycles. The number of Topliss-reactive ketones (excluding diaryl/α,β-unsaturated/α-hetero) is 5. The van der Waals surface area contributed by atoms with Gasteiger partial charge in [-0.1, -0.05) is 77.4 Å². The number of benzene rings is 3. The molecule has 0 saturated heterocycles. The molecule has 10 nitrogen and oxygen atoms in total. The summed E-state index contributed by atoms with van der Waals surface area (Å²) in [6.07, 6.45) is 7.16. The molecule has 0 aromatic heterocycles. The van der Waals surface area contributed by atoms with Crippen molar-refractivity contribution in [3.05, 3.63) is 89.5 Å². The largest absolute Gasteiger partial charge is 0.508 e. The molecule has 3 aromatic carbocycles. The van der Waals surface area contributed by atoms with Crippen LogP contribution in [-0.2, 0) is 48.0 Å². The van der Waals surface area contributed by atoms with Gasteiger partial charge in [-0.25, -0.2) is 0 Å². The minimum absolute atomic E-state index is 0.161. The highest BCUT2D eigenvalue weighted by Gasteiger charge is 2.19. The van der Waals surface area contributed by atoms with Crippen molar-refractivity contribution in [2.45, 2.75) is 112 Å². The first kappa shape index (κ1) is 46.9. The number of hydrogen-bond donors (Lipinski definition) is 4. The van der Waals surface area contributed by atoms with E-state index in [1.807, 2.05) is 52.0 Å². The van der Waals surface area contributed by atoms with Crippen molar-refractivity contribution in [2.24, 2.45) is 11.8 Å². The van der Waals surface area contributed by atoms with Crippen LogP contribution in [0.4, 0.5) is 0 Å². The zero-order chi connectivity index (χ0) is 40.5. The Morgan fingerprint density at radius 2 is 0.944 bits per heavy atom. The number of unbranched alkanes of at least 4 members (excludes halogenated alkanes) is 1. The fourth-order valence-electron chi connectivity index (χ4n) is 4.97. The Balaban J connectivity index is 0.000000405. The molecule has 0 aliphatic heterocycles. The van der Waals surface area contributed by atoms with Crippen molar-refractivity contribution in [1.82, 2.24) is 5.32 Å². The van der Waals surface area contributed by atoms with Gasteiger partial charge < -0.3 is 20.6 Å². The molecule has 1 amide bonds. The van der Waals surface area contributed by atoms with Gasteiger partial charge in [-0.3, -0.25) is 28.8 Å². The SMILES string of the molecule is CC(C)CC(=O)C(=O)CCCc1ccc(O)cc1.CCC(C)C(=O)C(=O)CCCc1ccc(O)cc1.CCCCC(=O)C(=O)NCCc1ccc(O)cc1. The van der Waals surface area contributed by atoms with E-state index in [2.05, 4.69) is 5.32 Å². The number of nitrogens with one attached hydrogen (secondary N) is 1. The summed E-state index contributed by atoms with van der Waals surface area (Å²) in [4.78, 5) is 68.9. The van der Waals surface area contributed by atoms with Crippen LogP contribution in [-0.4, -0.2) is 56.7 Å². The second-order valence-electron chi connectivity index (χ2n) is 13.8. The average Bonchev–Trinajstić information content (AvgIpc) is 3.15. The average molecular weight is 746 g/mol. The highest BCUT2D eigenvalue weighted by Crippen LogP contribution is 2.14. The quantitative estimate of drug-likeness (QED) is 0.0800. The number of carbonyl (C=O) groups excluding carboxylic acids is 6. The third-order valence-corrected chi connectivity index (χ3v) is 8.50. The molecule has 10 heteroatoms. The second kappa shape index (κ2) is 26.6. The molecule has 3 aromatic rings. The monoisotopic (exact) mass is 745 g/mol. The number of hydrogen-bond acceptors (Lipinski definition) is 9. The summed E-state index contributed by atoms with van der Waals surface area (Å²) in [6.45, 7) is 9.98. The zero-order valence-electron chi connectivity index (χ0n) is 32.6. The first-order valence-electron chi connectivity index (χ1n) is 18.9. The van der Waals surface area contributed by atoms with Gasteiger partial charge in [0.1, 0.15) is 17.2 Å². The van der Waals surface area contributed by atoms with Crippen LogP contribution in [0.25, 0.3) is 0 Å². The summed E-state index contributed by atoms with van der Waals surface area (Å²) in [7, 11) is 0. The van der Waals surface area contributed by atoms with Gasteiger partial charge in [0.15, 0.2) is 17.3 Å². The Labute approximate surface area is 320 Å². The predicted molar refractivity (Wildman–Crippen MR) is 210 cm³/mol. The van der Waals surface area contributed by atoms with Gasteiger partial charge in [0.05, 0.1) is 0 Å². The smallest absolute Gasteiger partial charge is 0.287 e. The van der Waals surface area contributed by atoms with E-state index in [0.717, 1.165) is 42.4 Å². The predicted octanol–water partition coefficient (Wildman–Crippen LogP) is 7.61. The van der Waals surface area contributed by atoms with E-state index in [9.17, 15) is 28.8 Å². The van der Waals surface area contributed by atoms with Crippen molar-refractivity contribution in [3.63, 3.8) is 0 Å². The summed E-state index contributed by atoms with van der Waals surface area (Å²) >= 11 is 0. The number of aryl methyl sites for hydroxylation is 2. The van der Waals surface area contributed by atoms with Gasteiger partial charge in [-0.15, -0.1) is 0 Å². The molecule has 1 unspecified atom stereocenters. The number of ketones is 5.